The molecular weight excluding hydrogens is 221 g/mol. The van der Waals surface area contributed by atoms with E-state index < -0.39 is 0 Å². The van der Waals surface area contributed by atoms with Crippen molar-refractivity contribution in [2.45, 2.75) is 6.92 Å². The molecule has 4 nitrogen and oxygen atoms in total. The van der Waals surface area contributed by atoms with Gasteiger partial charge in [-0.05, 0) is 19.1 Å². The second-order valence-corrected chi connectivity index (χ2v) is 3.86. The van der Waals surface area contributed by atoms with Crippen molar-refractivity contribution >= 4 is 5.82 Å². The third-order valence-corrected chi connectivity index (χ3v) is 2.73. The molecule has 0 aliphatic carbocycles. The molecule has 1 aromatic carbocycles. The molecule has 0 fully saturated rings. The molecule has 0 atom stereocenters. The van der Waals surface area contributed by atoms with Crippen LogP contribution in [0.15, 0.2) is 18.2 Å². The number of ether oxygens (including phenoxy) is 1. The van der Waals surface area contributed by atoms with Gasteiger partial charge in [-0.25, -0.2) is 4.39 Å². The first-order valence-electron chi connectivity index (χ1n) is 5.17. The lowest BCUT2D eigenvalue weighted by Crippen LogP contribution is -1.97. The summed E-state index contributed by atoms with van der Waals surface area (Å²) < 4.78 is 20.3. The van der Waals surface area contributed by atoms with Gasteiger partial charge in [0.25, 0.3) is 0 Å². The molecule has 1 aromatic heterocycles. The van der Waals surface area contributed by atoms with E-state index in [1.54, 1.807) is 30.8 Å². The standard InChI is InChI=1S/C12H14FN3O/c1-7-9(13)4-8(5-11(7)17-3)10-6-12(14)16(2)15-10/h4-6H,14H2,1-3H3. The van der Waals surface area contributed by atoms with Crippen LogP contribution in [0.2, 0.25) is 0 Å². The van der Waals surface area contributed by atoms with Crippen molar-refractivity contribution < 1.29 is 9.13 Å². The second-order valence-electron chi connectivity index (χ2n) is 3.86. The highest BCUT2D eigenvalue weighted by molar-refractivity contribution is 5.65. The first kappa shape index (κ1) is 11.4. The van der Waals surface area contributed by atoms with E-state index in [9.17, 15) is 4.39 Å². The van der Waals surface area contributed by atoms with Gasteiger partial charge in [0.05, 0.1) is 12.8 Å². The van der Waals surface area contributed by atoms with Gasteiger partial charge >= 0.3 is 0 Å². The molecule has 0 unspecified atom stereocenters. The summed E-state index contributed by atoms with van der Waals surface area (Å²) in [6.07, 6.45) is 0. The highest BCUT2D eigenvalue weighted by Gasteiger charge is 2.11. The number of hydrogen-bond acceptors (Lipinski definition) is 3. The van der Waals surface area contributed by atoms with Crippen LogP contribution in [0.25, 0.3) is 11.3 Å². The largest absolute Gasteiger partial charge is 0.496 e. The van der Waals surface area contributed by atoms with Gasteiger partial charge in [-0.15, -0.1) is 0 Å². The van der Waals surface area contributed by atoms with Gasteiger partial charge in [0, 0.05) is 24.2 Å². The molecule has 0 saturated carbocycles. The Morgan fingerprint density at radius 2 is 2.06 bits per heavy atom. The monoisotopic (exact) mass is 235 g/mol. The first-order valence-corrected chi connectivity index (χ1v) is 5.17. The molecule has 17 heavy (non-hydrogen) atoms. The zero-order valence-corrected chi connectivity index (χ0v) is 9.99. The predicted molar refractivity (Wildman–Crippen MR) is 64.3 cm³/mol. The van der Waals surface area contributed by atoms with Crippen molar-refractivity contribution in [3.63, 3.8) is 0 Å². The Bertz CT molecular complexity index is 544. The zero-order chi connectivity index (χ0) is 12.6. The van der Waals surface area contributed by atoms with E-state index >= 15 is 0 Å². The molecular formula is C12H14FN3O. The van der Waals surface area contributed by atoms with Gasteiger partial charge < -0.3 is 10.5 Å². The highest BCUT2D eigenvalue weighted by Crippen LogP contribution is 2.29. The highest BCUT2D eigenvalue weighted by atomic mass is 19.1. The number of aromatic nitrogens is 2. The smallest absolute Gasteiger partial charge is 0.130 e. The van der Waals surface area contributed by atoms with Crippen LogP contribution < -0.4 is 10.5 Å². The Labute approximate surface area is 98.8 Å². The Hall–Kier alpha value is -2.04. The maximum atomic E-state index is 13.7. The van der Waals surface area contributed by atoms with Crippen molar-refractivity contribution in [1.29, 1.82) is 0 Å². The number of halogens is 1. The van der Waals surface area contributed by atoms with Crippen LogP contribution in [0.5, 0.6) is 5.75 Å². The van der Waals surface area contributed by atoms with Gasteiger partial charge in [0.15, 0.2) is 0 Å². The minimum Gasteiger partial charge on any atom is -0.496 e. The van der Waals surface area contributed by atoms with Gasteiger partial charge in [-0.1, -0.05) is 0 Å². The van der Waals surface area contributed by atoms with E-state index in [1.165, 1.54) is 13.2 Å². The predicted octanol–water partition coefficient (Wildman–Crippen LogP) is 2.13. The Morgan fingerprint density at radius 3 is 2.59 bits per heavy atom. The van der Waals surface area contributed by atoms with Crippen LogP contribution in [0, 0.1) is 12.7 Å². The van der Waals surface area contributed by atoms with E-state index in [0.717, 1.165) is 0 Å². The maximum absolute atomic E-state index is 13.7. The number of benzene rings is 1. The van der Waals surface area contributed by atoms with E-state index in [2.05, 4.69) is 5.10 Å². The number of aryl methyl sites for hydroxylation is 1. The maximum Gasteiger partial charge on any atom is 0.130 e. The number of hydrogen-bond donors (Lipinski definition) is 1. The lowest BCUT2D eigenvalue weighted by Gasteiger charge is -2.07. The average Bonchev–Trinajstić information content (AvgIpc) is 2.63. The summed E-state index contributed by atoms with van der Waals surface area (Å²) >= 11 is 0. The number of anilines is 1. The summed E-state index contributed by atoms with van der Waals surface area (Å²) in [5.41, 5.74) is 7.46. The molecule has 0 amide bonds. The molecule has 0 bridgehead atoms. The quantitative estimate of drug-likeness (QED) is 0.867. The third-order valence-electron chi connectivity index (χ3n) is 2.73. The zero-order valence-electron chi connectivity index (χ0n) is 9.99. The molecule has 2 aromatic rings. The molecule has 5 heteroatoms. The van der Waals surface area contributed by atoms with Crippen LogP contribution in [0.3, 0.4) is 0 Å². The summed E-state index contributed by atoms with van der Waals surface area (Å²) in [6, 6.07) is 4.88. The molecule has 2 rings (SSSR count). The van der Waals surface area contributed by atoms with E-state index in [-0.39, 0.29) is 5.82 Å². The molecule has 0 spiro atoms. The Kier molecular flexibility index (Phi) is 2.75. The topological polar surface area (TPSA) is 53.1 Å². The van der Waals surface area contributed by atoms with E-state index in [4.69, 9.17) is 10.5 Å². The minimum absolute atomic E-state index is 0.316. The average molecular weight is 235 g/mol. The van der Waals surface area contributed by atoms with Crippen LogP contribution in [-0.2, 0) is 7.05 Å². The normalized spacial score (nSPS) is 10.6. The molecule has 90 valence electrons. The fraction of sp³-hybridized carbons (Fsp3) is 0.250. The summed E-state index contributed by atoms with van der Waals surface area (Å²) in [5.74, 6) is 0.716. The van der Waals surface area contributed by atoms with E-state index in [1.807, 2.05) is 0 Å². The first-order chi connectivity index (χ1) is 8.02. The lowest BCUT2D eigenvalue weighted by atomic mass is 10.1. The second kappa shape index (κ2) is 4.08. The molecule has 0 aliphatic rings. The number of nitrogen functional groups attached to an aromatic ring is 1. The van der Waals surface area contributed by atoms with Gasteiger partial charge in [-0.2, -0.15) is 5.10 Å². The van der Waals surface area contributed by atoms with Crippen LogP contribution in [0.4, 0.5) is 10.2 Å². The number of rotatable bonds is 2. The summed E-state index contributed by atoms with van der Waals surface area (Å²) in [6.45, 7) is 1.67. The minimum atomic E-state index is -0.316. The molecule has 0 aliphatic heterocycles. The van der Waals surface area contributed by atoms with Crippen molar-refractivity contribution in [1.82, 2.24) is 9.78 Å². The summed E-state index contributed by atoms with van der Waals surface area (Å²) in [4.78, 5) is 0. The van der Waals surface area contributed by atoms with Gasteiger partial charge in [0.2, 0.25) is 0 Å². The fourth-order valence-electron chi connectivity index (χ4n) is 1.64. The lowest BCUT2D eigenvalue weighted by molar-refractivity contribution is 0.407. The van der Waals surface area contributed by atoms with Crippen molar-refractivity contribution in [3.05, 3.63) is 29.6 Å². The van der Waals surface area contributed by atoms with Gasteiger partial charge in [-0.3, -0.25) is 4.68 Å². The Morgan fingerprint density at radius 1 is 1.35 bits per heavy atom. The molecule has 0 radical (unpaired) electrons. The van der Waals surface area contributed by atoms with Crippen LogP contribution in [-0.4, -0.2) is 16.9 Å². The number of methoxy groups -OCH3 is 1. The Balaban J connectivity index is 2.56. The fourth-order valence-corrected chi connectivity index (χ4v) is 1.64. The van der Waals surface area contributed by atoms with Crippen molar-refractivity contribution in [2.75, 3.05) is 12.8 Å². The van der Waals surface area contributed by atoms with E-state index in [0.29, 0.717) is 28.4 Å². The number of nitrogens with two attached hydrogens (primary N) is 1. The number of nitrogens with zero attached hydrogens (tertiary/aromatic N) is 2. The van der Waals surface area contributed by atoms with Gasteiger partial charge in [0.1, 0.15) is 17.4 Å². The molecule has 1 heterocycles. The summed E-state index contributed by atoms with van der Waals surface area (Å²) in [5, 5.41) is 4.20. The molecule has 0 saturated heterocycles. The molecule has 2 N–H and O–H groups in total. The van der Waals surface area contributed by atoms with Crippen molar-refractivity contribution in [2.24, 2.45) is 7.05 Å². The third kappa shape index (κ3) is 1.95. The van der Waals surface area contributed by atoms with Crippen molar-refractivity contribution in [3.8, 4) is 17.0 Å². The summed E-state index contributed by atoms with van der Waals surface area (Å²) in [7, 11) is 3.25. The van der Waals surface area contributed by atoms with Crippen LogP contribution in [0.1, 0.15) is 5.56 Å². The van der Waals surface area contributed by atoms with Crippen LogP contribution >= 0.6 is 0 Å². The SMILES string of the molecule is COc1cc(-c2cc(N)n(C)n2)cc(F)c1C.